The molecule has 0 aromatic carbocycles. The molecule has 1 heteroatoms. The van der Waals surface area contributed by atoms with Crippen LogP contribution in [0.4, 0.5) is 0 Å². The average molecular weight is 164 g/mol. The van der Waals surface area contributed by atoms with Gasteiger partial charge in [-0.15, -0.1) is 0 Å². The fraction of sp³-hybridized carbons (Fsp3) is 0.727. The molecule has 1 saturated carbocycles. The van der Waals surface area contributed by atoms with Crippen LogP contribution >= 0.6 is 0 Å². The molecule has 0 aromatic heterocycles. The quantitative estimate of drug-likeness (QED) is 0.503. The molecule has 0 unspecified atom stereocenters. The molecule has 2 aliphatic rings. The van der Waals surface area contributed by atoms with E-state index in [1.165, 1.54) is 0 Å². The fourth-order valence-electron chi connectivity index (χ4n) is 2.77. The van der Waals surface area contributed by atoms with Gasteiger partial charge in [0.2, 0.25) is 0 Å². The summed E-state index contributed by atoms with van der Waals surface area (Å²) in [5, 5.41) is 0. The van der Waals surface area contributed by atoms with Crippen LogP contribution < -0.4 is 0 Å². The summed E-state index contributed by atoms with van der Waals surface area (Å²) >= 11 is 0. The van der Waals surface area contributed by atoms with E-state index in [0.717, 1.165) is 12.8 Å². The summed E-state index contributed by atoms with van der Waals surface area (Å²) in [5.41, 5.74) is 0.0208. The highest BCUT2D eigenvalue weighted by Crippen LogP contribution is 2.59. The zero-order valence-corrected chi connectivity index (χ0v) is 8.05. The Hall–Kier alpha value is -0.590. The Morgan fingerprint density at radius 3 is 2.42 bits per heavy atom. The number of hydrogen-bond acceptors (Lipinski definition) is 1. The van der Waals surface area contributed by atoms with E-state index in [4.69, 9.17) is 0 Å². The molecule has 66 valence electrons. The predicted octanol–water partition coefficient (Wildman–Crippen LogP) is 2.57. The summed E-state index contributed by atoms with van der Waals surface area (Å²) < 4.78 is 0. The van der Waals surface area contributed by atoms with Gasteiger partial charge in [-0.1, -0.05) is 32.9 Å². The summed E-state index contributed by atoms with van der Waals surface area (Å²) in [5.74, 6) is 1.01. The van der Waals surface area contributed by atoms with E-state index in [9.17, 15) is 4.79 Å². The van der Waals surface area contributed by atoms with Gasteiger partial charge in [-0.05, 0) is 17.8 Å². The maximum Gasteiger partial charge on any atom is 0.143 e. The summed E-state index contributed by atoms with van der Waals surface area (Å²) in [6, 6.07) is 0. The largest absolute Gasteiger partial charge is 0.299 e. The van der Waals surface area contributed by atoms with E-state index in [1.54, 1.807) is 0 Å². The maximum atomic E-state index is 11.8. The molecule has 1 nitrogen and oxygen atoms in total. The minimum absolute atomic E-state index is 0.0903. The average Bonchev–Trinajstić information content (AvgIpc) is 2.01. The predicted molar refractivity (Wildman–Crippen MR) is 48.8 cm³/mol. The van der Waals surface area contributed by atoms with Gasteiger partial charge in [0.25, 0.3) is 0 Å². The Balaban J connectivity index is 2.43. The zero-order valence-electron chi connectivity index (χ0n) is 8.05. The lowest BCUT2D eigenvalue weighted by Crippen LogP contribution is -2.46. The summed E-state index contributed by atoms with van der Waals surface area (Å²) in [4.78, 5) is 11.8. The van der Waals surface area contributed by atoms with Crippen molar-refractivity contribution in [2.45, 2.75) is 33.6 Å². The van der Waals surface area contributed by atoms with Gasteiger partial charge in [-0.25, -0.2) is 0 Å². The third kappa shape index (κ3) is 0.675. The van der Waals surface area contributed by atoms with Crippen LogP contribution in [-0.4, -0.2) is 5.78 Å². The number of ketones is 1. The van der Waals surface area contributed by atoms with E-state index in [0.29, 0.717) is 11.7 Å². The van der Waals surface area contributed by atoms with Gasteiger partial charge < -0.3 is 0 Å². The molecular weight excluding hydrogens is 148 g/mol. The van der Waals surface area contributed by atoms with E-state index < -0.39 is 0 Å². The smallest absolute Gasteiger partial charge is 0.143 e. The van der Waals surface area contributed by atoms with Gasteiger partial charge in [0.1, 0.15) is 5.78 Å². The second-order valence-corrected chi connectivity index (χ2v) is 5.05. The SMILES string of the molecule is CC(C)(C)[C@]12C=C[C@H]1CCC2=O. The van der Waals surface area contributed by atoms with Crippen molar-refractivity contribution in [1.29, 1.82) is 0 Å². The highest BCUT2D eigenvalue weighted by Gasteiger charge is 2.58. The second kappa shape index (κ2) is 2.01. The van der Waals surface area contributed by atoms with Crippen molar-refractivity contribution in [2.75, 3.05) is 0 Å². The molecule has 2 atom stereocenters. The molecule has 0 amide bonds. The highest BCUT2D eigenvalue weighted by atomic mass is 16.1. The molecule has 0 bridgehead atoms. The summed E-state index contributed by atoms with van der Waals surface area (Å²) in [6.45, 7) is 6.52. The Morgan fingerprint density at radius 2 is 2.17 bits per heavy atom. The normalized spacial score (nSPS) is 39.6. The van der Waals surface area contributed by atoms with E-state index >= 15 is 0 Å². The van der Waals surface area contributed by atoms with Crippen LogP contribution in [0.2, 0.25) is 0 Å². The number of fused-ring (bicyclic) bond motifs is 1. The molecule has 0 saturated heterocycles. The van der Waals surface area contributed by atoms with E-state index in [-0.39, 0.29) is 10.8 Å². The van der Waals surface area contributed by atoms with Crippen molar-refractivity contribution in [1.82, 2.24) is 0 Å². The summed E-state index contributed by atoms with van der Waals surface area (Å²) in [6.07, 6.45) is 6.20. The number of carbonyl (C=O) groups excluding carboxylic acids is 1. The first-order valence-electron chi connectivity index (χ1n) is 4.71. The van der Waals surface area contributed by atoms with Crippen LogP contribution in [0.25, 0.3) is 0 Å². The monoisotopic (exact) mass is 164 g/mol. The van der Waals surface area contributed by atoms with Gasteiger partial charge in [-0.3, -0.25) is 4.79 Å². The molecule has 12 heavy (non-hydrogen) atoms. The van der Waals surface area contributed by atoms with Crippen LogP contribution in [0.15, 0.2) is 12.2 Å². The lowest BCUT2D eigenvalue weighted by molar-refractivity contribution is -0.130. The molecule has 0 aliphatic heterocycles. The third-order valence-corrected chi connectivity index (χ3v) is 3.56. The molecule has 2 rings (SSSR count). The Labute approximate surface area is 73.8 Å². The molecule has 0 radical (unpaired) electrons. The zero-order chi connectivity index (χ0) is 8.98. The fourth-order valence-corrected chi connectivity index (χ4v) is 2.77. The van der Waals surface area contributed by atoms with Crippen LogP contribution in [0.1, 0.15) is 33.6 Å². The van der Waals surface area contributed by atoms with E-state index in [1.807, 2.05) is 0 Å². The molecule has 0 aromatic rings. The third-order valence-electron chi connectivity index (χ3n) is 3.56. The van der Waals surface area contributed by atoms with Crippen LogP contribution in [0, 0.1) is 16.7 Å². The first-order chi connectivity index (χ1) is 5.48. The maximum absolute atomic E-state index is 11.8. The van der Waals surface area contributed by atoms with Crippen LogP contribution in [0.5, 0.6) is 0 Å². The van der Waals surface area contributed by atoms with Gasteiger partial charge in [0.15, 0.2) is 0 Å². The number of Topliss-reactive ketones (excluding diaryl/α,β-unsaturated/α-hetero) is 1. The Morgan fingerprint density at radius 1 is 1.50 bits per heavy atom. The van der Waals surface area contributed by atoms with Gasteiger partial charge in [0.05, 0.1) is 5.41 Å². The van der Waals surface area contributed by atoms with Gasteiger partial charge in [-0.2, -0.15) is 0 Å². The first kappa shape index (κ1) is 8.03. The number of rotatable bonds is 0. The van der Waals surface area contributed by atoms with Crippen molar-refractivity contribution < 1.29 is 4.79 Å². The number of carbonyl (C=O) groups is 1. The van der Waals surface area contributed by atoms with Gasteiger partial charge in [0, 0.05) is 6.42 Å². The minimum Gasteiger partial charge on any atom is -0.299 e. The molecular formula is C11H16O. The molecule has 1 fully saturated rings. The molecule has 0 heterocycles. The Kier molecular flexibility index (Phi) is 1.35. The first-order valence-corrected chi connectivity index (χ1v) is 4.71. The lowest BCUT2D eigenvalue weighted by atomic mass is 9.55. The van der Waals surface area contributed by atoms with Crippen molar-refractivity contribution in [2.24, 2.45) is 16.7 Å². The van der Waals surface area contributed by atoms with Crippen LogP contribution in [0.3, 0.4) is 0 Å². The van der Waals surface area contributed by atoms with Crippen LogP contribution in [-0.2, 0) is 4.79 Å². The van der Waals surface area contributed by atoms with Crippen molar-refractivity contribution in [3.8, 4) is 0 Å². The van der Waals surface area contributed by atoms with E-state index in [2.05, 4.69) is 32.9 Å². The van der Waals surface area contributed by atoms with Crippen molar-refractivity contribution in [3.05, 3.63) is 12.2 Å². The lowest BCUT2D eigenvalue weighted by Gasteiger charge is -2.47. The minimum atomic E-state index is -0.0903. The number of hydrogen-bond donors (Lipinski definition) is 0. The van der Waals surface area contributed by atoms with Crippen molar-refractivity contribution in [3.63, 3.8) is 0 Å². The number of allylic oxidation sites excluding steroid dienone is 2. The Bertz CT molecular complexity index is 257. The standard InChI is InChI=1S/C11H16O/c1-10(2,3)11-7-6-8(11)4-5-9(11)12/h6-8H,4-5H2,1-3H3/t8-,11-/m1/s1. The molecule has 0 spiro atoms. The second-order valence-electron chi connectivity index (χ2n) is 5.05. The molecule has 2 aliphatic carbocycles. The topological polar surface area (TPSA) is 17.1 Å². The van der Waals surface area contributed by atoms with Gasteiger partial charge >= 0.3 is 0 Å². The summed E-state index contributed by atoms with van der Waals surface area (Å²) in [7, 11) is 0. The van der Waals surface area contributed by atoms with Crippen molar-refractivity contribution >= 4 is 5.78 Å². The highest BCUT2D eigenvalue weighted by molar-refractivity contribution is 5.92. The molecule has 0 N–H and O–H groups in total.